The molecule has 0 bridgehead atoms. The highest BCUT2D eigenvalue weighted by atomic mass is 35.5. The van der Waals surface area contributed by atoms with Gasteiger partial charge in [-0.25, -0.2) is 4.98 Å². The number of thiocarbonyl (C=S) groups is 1. The summed E-state index contributed by atoms with van der Waals surface area (Å²) in [5.74, 6) is 0. The molecule has 2 aromatic carbocycles. The van der Waals surface area contributed by atoms with Gasteiger partial charge >= 0.3 is 0 Å². The summed E-state index contributed by atoms with van der Waals surface area (Å²) >= 11 is 11.2. The second kappa shape index (κ2) is 5.23. The second-order valence-electron chi connectivity index (χ2n) is 4.53. The van der Waals surface area contributed by atoms with E-state index in [9.17, 15) is 0 Å². The van der Waals surface area contributed by atoms with Gasteiger partial charge in [-0.3, -0.25) is 0 Å². The molecule has 0 atom stereocenters. The average Bonchev–Trinajstić information content (AvgIpc) is 2.84. The van der Waals surface area contributed by atoms with Crippen LogP contribution >= 0.6 is 23.8 Å². The molecule has 100 valence electrons. The predicted octanol–water partition coefficient (Wildman–Crippen LogP) is 3.37. The molecule has 0 aliphatic carbocycles. The molecule has 0 aliphatic heterocycles. The topological polar surface area (TPSA) is 43.8 Å². The number of hydrogen-bond donors (Lipinski definition) is 1. The number of fused-ring (bicyclic) bond motifs is 1. The van der Waals surface area contributed by atoms with E-state index in [-0.39, 0.29) is 0 Å². The zero-order valence-corrected chi connectivity index (χ0v) is 12.2. The van der Waals surface area contributed by atoms with Gasteiger partial charge in [0.1, 0.15) is 4.99 Å². The smallest absolute Gasteiger partial charge is 0.104 e. The van der Waals surface area contributed by atoms with Crippen LogP contribution in [0.15, 0.2) is 48.8 Å². The molecule has 20 heavy (non-hydrogen) atoms. The number of para-hydroxylation sites is 2. The molecular weight excluding hydrogens is 290 g/mol. The van der Waals surface area contributed by atoms with Crippen LogP contribution in [-0.2, 0) is 6.54 Å². The first-order chi connectivity index (χ1) is 9.65. The Morgan fingerprint density at radius 3 is 2.80 bits per heavy atom. The van der Waals surface area contributed by atoms with Gasteiger partial charge in [0, 0.05) is 10.6 Å². The average molecular weight is 302 g/mol. The number of imidazole rings is 1. The van der Waals surface area contributed by atoms with Crippen molar-refractivity contribution in [3.8, 4) is 0 Å². The van der Waals surface area contributed by atoms with Crippen molar-refractivity contribution < 1.29 is 0 Å². The fraction of sp³-hybridized carbons (Fsp3) is 0.0667. The third-order valence-electron chi connectivity index (χ3n) is 3.21. The number of rotatable bonds is 3. The molecule has 0 saturated heterocycles. The third kappa shape index (κ3) is 2.40. The second-order valence-corrected chi connectivity index (χ2v) is 5.38. The fourth-order valence-electron chi connectivity index (χ4n) is 2.15. The number of nitrogens with zero attached hydrogens (tertiary/aromatic N) is 2. The Bertz CT molecular complexity index is 795. The van der Waals surface area contributed by atoms with Gasteiger partial charge in [-0.1, -0.05) is 48.1 Å². The van der Waals surface area contributed by atoms with Gasteiger partial charge in [-0.05, 0) is 23.8 Å². The molecule has 1 aromatic heterocycles. The van der Waals surface area contributed by atoms with E-state index < -0.39 is 0 Å². The van der Waals surface area contributed by atoms with Gasteiger partial charge in [0.05, 0.1) is 23.9 Å². The van der Waals surface area contributed by atoms with Crippen molar-refractivity contribution in [2.75, 3.05) is 0 Å². The Morgan fingerprint density at radius 2 is 2.05 bits per heavy atom. The van der Waals surface area contributed by atoms with Crippen LogP contribution in [0.25, 0.3) is 11.0 Å². The van der Waals surface area contributed by atoms with E-state index in [1.807, 2.05) is 42.7 Å². The van der Waals surface area contributed by atoms with Crippen LogP contribution in [0.1, 0.15) is 11.1 Å². The lowest BCUT2D eigenvalue weighted by Gasteiger charge is -2.08. The molecule has 0 aliphatic rings. The molecule has 1 heterocycles. The molecule has 0 unspecified atom stereocenters. The Balaban J connectivity index is 1.97. The highest BCUT2D eigenvalue weighted by Gasteiger charge is 2.07. The van der Waals surface area contributed by atoms with Crippen LogP contribution in [0, 0.1) is 0 Å². The minimum absolute atomic E-state index is 0.353. The number of aromatic nitrogens is 2. The van der Waals surface area contributed by atoms with E-state index in [1.54, 1.807) is 6.07 Å². The monoisotopic (exact) mass is 301 g/mol. The zero-order chi connectivity index (χ0) is 14.1. The van der Waals surface area contributed by atoms with E-state index in [4.69, 9.17) is 29.6 Å². The summed E-state index contributed by atoms with van der Waals surface area (Å²) in [5.41, 5.74) is 9.45. The standard InChI is InChI=1S/C15H12ClN3S/c16-12-7-10(15(17)20)5-6-11(12)8-19-9-18-13-3-1-2-4-14(13)19/h1-7,9H,8H2,(H2,17,20). The van der Waals surface area contributed by atoms with Crippen molar-refractivity contribution in [3.63, 3.8) is 0 Å². The summed E-state index contributed by atoms with van der Waals surface area (Å²) in [4.78, 5) is 4.72. The van der Waals surface area contributed by atoms with Crippen molar-refractivity contribution in [1.82, 2.24) is 9.55 Å². The summed E-state index contributed by atoms with van der Waals surface area (Å²) in [6.07, 6.45) is 1.82. The molecular formula is C15H12ClN3S. The first kappa shape index (κ1) is 13.1. The lowest BCUT2D eigenvalue weighted by atomic mass is 10.1. The van der Waals surface area contributed by atoms with Gasteiger partial charge in [0.15, 0.2) is 0 Å². The molecule has 5 heteroatoms. The van der Waals surface area contributed by atoms with E-state index in [1.165, 1.54) is 0 Å². The van der Waals surface area contributed by atoms with Crippen LogP contribution in [0.2, 0.25) is 5.02 Å². The van der Waals surface area contributed by atoms with E-state index >= 15 is 0 Å². The Labute approximate surface area is 127 Å². The van der Waals surface area contributed by atoms with Gasteiger partial charge in [0.25, 0.3) is 0 Å². The highest BCUT2D eigenvalue weighted by molar-refractivity contribution is 7.80. The summed E-state index contributed by atoms with van der Waals surface area (Å²) in [6, 6.07) is 13.7. The summed E-state index contributed by atoms with van der Waals surface area (Å²) < 4.78 is 2.07. The third-order valence-corrected chi connectivity index (χ3v) is 3.79. The number of benzene rings is 2. The normalized spacial score (nSPS) is 10.8. The largest absolute Gasteiger partial charge is 0.389 e. The minimum atomic E-state index is 0.353. The number of hydrogen-bond acceptors (Lipinski definition) is 2. The maximum atomic E-state index is 6.29. The molecule has 3 rings (SSSR count). The van der Waals surface area contributed by atoms with Crippen molar-refractivity contribution >= 4 is 39.8 Å². The van der Waals surface area contributed by atoms with E-state index in [0.29, 0.717) is 16.6 Å². The highest BCUT2D eigenvalue weighted by Crippen LogP contribution is 2.21. The first-order valence-electron chi connectivity index (χ1n) is 6.13. The summed E-state index contributed by atoms with van der Waals surface area (Å²) in [5, 5.41) is 0.660. The van der Waals surface area contributed by atoms with Crippen LogP contribution in [0.3, 0.4) is 0 Å². The molecule has 0 amide bonds. The van der Waals surface area contributed by atoms with Crippen LogP contribution in [0.5, 0.6) is 0 Å². The molecule has 3 nitrogen and oxygen atoms in total. The van der Waals surface area contributed by atoms with Gasteiger partial charge in [-0.2, -0.15) is 0 Å². The van der Waals surface area contributed by atoms with Gasteiger partial charge < -0.3 is 10.3 Å². The zero-order valence-electron chi connectivity index (χ0n) is 10.6. The lowest BCUT2D eigenvalue weighted by molar-refractivity contribution is 0.824. The summed E-state index contributed by atoms with van der Waals surface area (Å²) in [6.45, 7) is 0.664. The molecule has 0 saturated carbocycles. The molecule has 0 fully saturated rings. The molecule has 0 radical (unpaired) electrons. The maximum absolute atomic E-state index is 6.29. The number of halogens is 1. The number of nitrogens with two attached hydrogens (primary N) is 1. The van der Waals surface area contributed by atoms with Gasteiger partial charge in [0.2, 0.25) is 0 Å². The van der Waals surface area contributed by atoms with Crippen molar-refractivity contribution in [1.29, 1.82) is 0 Å². The Hall–Kier alpha value is -1.91. The lowest BCUT2D eigenvalue weighted by Crippen LogP contribution is -2.09. The maximum Gasteiger partial charge on any atom is 0.104 e. The van der Waals surface area contributed by atoms with Crippen molar-refractivity contribution in [2.45, 2.75) is 6.54 Å². The van der Waals surface area contributed by atoms with Crippen molar-refractivity contribution in [3.05, 3.63) is 64.9 Å². The predicted molar refractivity (Wildman–Crippen MR) is 86.2 cm³/mol. The SMILES string of the molecule is NC(=S)c1ccc(Cn2cnc3ccccc32)c(Cl)c1. The summed E-state index contributed by atoms with van der Waals surface area (Å²) in [7, 11) is 0. The van der Waals surface area contributed by atoms with Crippen LogP contribution in [-0.4, -0.2) is 14.5 Å². The molecule has 0 spiro atoms. The van der Waals surface area contributed by atoms with Crippen LogP contribution in [0.4, 0.5) is 0 Å². The van der Waals surface area contributed by atoms with Crippen LogP contribution < -0.4 is 5.73 Å². The minimum Gasteiger partial charge on any atom is -0.389 e. The van der Waals surface area contributed by atoms with E-state index in [2.05, 4.69) is 9.55 Å². The molecule has 3 aromatic rings. The van der Waals surface area contributed by atoms with E-state index in [0.717, 1.165) is 22.2 Å². The quantitative estimate of drug-likeness (QED) is 0.754. The first-order valence-corrected chi connectivity index (χ1v) is 6.92. The molecule has 2 N–H and O–H groups in total. The Kier molecular flexibility index (Phi) is 3.42. The Morgan fingerprint density at radius 1 is 1.25 bits per heavy atom. The van der Waals surface area contributed by atoms with Gasteiger partial charge in [-0.15, -0.1) is 0 Å². The fourth-order valence-corrected chi connectivity index (χ4v) is 2.52. The van der Waals surface area contributed by atoms with Crippen molar-refractivity contribution in [2.24, 2.45) is 5.73 Å².